The number of carbonyl (C=O) groups excluding carboxylic acids is 1. The molecule has 1 aliphatic rings. The summed E-state index contributed by atoms with van der Waals surface area (Å²) in [4.78, 5) is 27.1. The van der Waals surface area contributed by atoms with Crippen molar-refractivity contribution in [1.29, 1.82) is 0 Å². The minimum atomic E-state index is -1.13. The van der Waals surface area contributed by atoms with Gasteiger partial charge in [-0.05, 0) is 55.3 Å². The van der Waals surface area contributed by atoms with E-state index in [9.17, 15) is 9.90 Å². The van der Waals surface area contributed by atoms with Crippen molar-refractivity contribution in [2.24, 2.45) is 0 Å². The lowest BCUT2D eigenvalue weighted by molar-refractivity contribution is -0.127. The van der Waals surface area contributed by atoms with Crippen molar-refractivity contribution in [2.45, 2.75) is 38.4 Å². The smallest absolute Gasteiger partial charge is 0.245 e. The third-order valence-corrected chi connectivity index (χ3v) is 7.69. The van der Waals surface area contributed by atoms with Crippen LogP contribution in [0.5, 0.6) is 11.5 Å². The molecule has 2 N–H and O–H groups in total. The van der Waals surface area contributed by atoms with Crippen molar-refractivity contribution in [3.63, 3.8) is 0 Å². The van der Waals surface area contributed by atoms with Crippen molar-refractivity contribution in [3.8, 4) is 22.6 Å². The van der Waals surface area contributed by atoms with Gasteiger partial charge in [0.2, 0.25) is 5.91 Å². The Labute approximate surface area is 248 Å². The zero-order valence-corrected chi connectivity index (χ0v) is 24.3. The van der Waals surface area contributed by atoms with Crippen LogP contribution in [0.2, 0.25) is 0 Å². The van der Waals surface area contributed by atoms with Crippen LogP contribution in [0.15, 0.2) is 74.0 Å². The highest BCUT2D eigenvalue weighted by molar-refractivity contribution is 5.93. The molecule has 0 saturated carbocycles. The van der Waals surface area contributed by atoms with Crippen LogP contribution < -0.4 is 14.8 Å². The Morgan fingerprint density at radius 2 is 1.84 bits per heavy atom. The molecule has 3 aromatic heterocycles. The number of nitrogens with one attached hydrogen (secondary N) is 1. The van der Waals surface area contributed by atoms with Gasteiger partial charge in [0.1, 0.15) is 24.6 Å². The number of hydrogen-bond acceptors (Lipinski definition) is 9. The topological polar surface area (TPSA) is 127 Å². The number of aromatic nitrogens is 5. The predicted octanol–water partition coefficient (Wildman–Crippen LogP) is 4.87. The molecule has 1 saturated heterocycles. The molecule has 0 bridgehead atoms. The van der Waals surface area contributed by atoms with Gasteiger partial charge in [0.25, 0.3) is 0 Å². The van der Waals surface area contributed by atoms with E-state index in [2.05, 4.69) is 31.9 Å². The van der Waals surface area contributed by atoms with E-state index in [-0.39, 0.29) is 12.0 Å². The second kappa shape index (κ2) is 11.3. The Hall–Kier alpha value is -5.03. The monoisotopic (exact) mass is 579 g/mol. The van der Waals surface area contributed by atoms with Crippen LogP contribution in [-0.2, 0) is 10.4 Å². The zero-order chi connectivity index (χ0) is 30.1. The average Bonchev–Trinajstić information content (AvgIpc) is 3.48. The normalized spacial score (nSPS) is 14.2. The molecular formula is C32H33N7O4. The van der Waals surface area contributed by atoms with Crippen molar-refractivity contribution in [2.75, 3.05) is 25.5 Å². The lowest BCUT2D eigenvalue weighted by atomic mass is 9.93. The van der Waals surface area contributed by atoms with Gasteiger partial charge in [-0.25, -0.2) is 19.5 Å². The number of pyridine rings is 1. The molecule has 1 amide bonds. The summed E-state index contributed by atoms with van der Waals surface area (Å²) in [6.45, 7) is 8.28. The van der Waals surface area contributed by atoms with E-state index in [4.69, 9.17) is 9.47 Å². The molecular weight excluding hydrogens is 546 g/mol. The summed E-state index contributed by atoms with van der Waals surface area (Å²) < 4.78 is 13.8. The number of rotatable bonds is 8. The Morgan fingerprint density at radius 1 is 1.05 bits per heavy atom. The van der Waals surface area contributed by atoms with Gasteiger partial charge in [-0.3, -0.25) is 4.79 Å². The largest absolute Gasteiger partial charge is 0.493 e. The Bertz CT molecular complexity index is 1820. The van der Waals surface area contributed by atoms with Crippen molar-refractivity contribution in [1.82, 2.24) is 29.5 Å². The molecule has 0 aliphatic carbocycles. The lowest BCUT2D eigenvalue weighted by Crippen LogP contribution is -2.41. The van der Waals surface area contributed by atoms with Gasteiger partial charge in [-0.15, -0.1) is 0 Å². The summed E-state index contributed by atoms with van der Waals surface area (Å²) in [5.41, 5.74) is 3.58. The minimum absolute atomic E-state index is 0.0665. The highest BCUT2D eigenvalue weighted by Crippen LogP contribution is 2.38. The zero-order valence-electron chi connectivity index (χ0n) is 24.3. The maximum Gasteiger partial charge on any atom is 0.245 e. The maximum absolute atomic E-state index is 12.0. The molecule has 43 heavy (non-hydrogen) atoms. The van der Waals surface area contributed by atoms with Crippen LogP contribution in [0.25, 0.3) is 27.7 Å². The quantitative estimate of drug-likeness (QED) is 0.247. The number of methoxy groups -OCH3 is 1. The minimum Gasteiger partial charge on any atom is -0.493 e. The van der Waals surface area contributed by atoms with E-state index in [1.54, 1.807) is 30.4 Å². The van der Waals surface area contributed by atoms with Gasteiger partial charge < -0.3 is 24.8 Å². The molecule has 1 fully saturated rings. The second-order valence-corrected chi connectivity index (χ2v) is 11.0. The number of nitrogens with zero attached hydrogens (tertiary/aromatic N) is 6. The number of benzene rings is 2. The van der Waals surface area contributed by atoms with Crippen LogP contribution >= 0.6 is 0 Å². The van der Waals surface area contributed by atoms with Crippen LogP contribution in [-0.4, -0.2) is 66.8 Å². The van der Waals surface area contributed by atoms with E-state index in [0.29, 0.717) is 60.0 Å². The van der Waals surface area contributed by atoms with Crippen molar-refractivity contribution in [3.05, 3.63) is 79.5 Å². The highest BCUT2D eigenvalue weighted by atomic mass is 16.5. The van der Waals surface area contributed by atoms with Crippen molar-refractivity contribution < 1.29 is 19.4 Å². The summed E-state index contributed by atoms with van der Waals surface area (Å²) in [7, 11) is 1.59. The molecule has 1 aliphatic heterocycles. The average molecular weight is 580 g/mol. The van der Waals surface area contributed by atoms with Crippen LogP contribution in [0, 0.1) is 0 Å². The van der Waals surface area contributed by atoms with Crippen LogP contribution in [0.3, 0.4) is 0 Å². The Kier molecular flexibility index (Phi) is 7.41. The van der Waals surface area contributed by atoms with Gasteiger partial charge in [0.05, 0.1) is 18.2 Å². The summed E-state index contributed by atoms with van der Waals surface area (Å²) >= 11 is 0. The molecule has 11 nitrogen and oxygen atoms in total. The van der Waals surface area contributed by atoms with E-state index < -0.39 is 5.60 Å². The van der Waals surface area contributed by atoms with Gasteiger partial charge in [-0.1, -0.05) is 18.7 Å². The highest BCUT2D eigenvalue weighted by Gasteiger charge is 2.25. The van der Waals surface area contributed by atoms with Crippen molar-refractivity contribution >= 4 is 34.0 Å². The van der Waals surface area contributed by atoms with Gasteiger partial charge in [-0.2, -0.15) is 5.10 Å². The number of ether oxygens (including phenoxy) is 2. The number of anilines is 2. The van der Waals surface area contributed by atoms with Crippen LogP contribution in [0.4, 0.5) is 11.5 Å². The molecule has 4 heterocycles. The second-order valence-electron chi connectivity index (χ2n) is 11.0. The fourth-order valence-electron chi connectivity index (χ4n) is 5.40. The third-order valence-electron chi connectivity index (χ3n) is 7.69. The first-order chi connectivity index (χ1) is 20.7. The Morgan fingerprint density at radius 3 is 2.58 bits per heavy atom. The molecule has 0 unspecified atom stereocenters. The first kappa shape index (κ1) is 28.1. The first-order valence-corrected chi connectivity index (χ1v) is 14.1. The fourth-order valence-corrected chi connectivity index (χ4v) is 5.40. The Balaban J connectivity index is 1.35. The molecule has 0 atom stereocenters. The van der Waals surface area contributed by atoms with E-state index in [1.165, 1.54) is 18.7 Å². The van der Waals surface area contributed by atoms with Gasteiger partial charge >= 0.3 is 0 Å². The summed E-state index contributed by atoms with van der Waals surface area (Å²) in [5.74, 6) is 1.62. The number of likely N-dealkylation sites (tertiary alicyclic amines) is 1. The molecule has 5 aromatic rings. The molecule has 2 aromatic carbocycles. The van der Waals surface area contributed by atoms with Gasteiger partial charge in [0, 0.05) is 54.8 Å². The molecule has 0 spiro atoms. The number of aliphatic hydroxyl groups is 1. The molecule has 6 rings (SSSR count). The lowest BCUT2D eigenvalue weighted by Gasteiger charge is -2.31. The standard InChI is InChI=1S/C32H33N7O4/c1-5-30(40)38-11-9-22(10-12-38)43-28-16-23-25(17-27(28)42-4)33-18-35-31(23)37-26-14-20(6-7-24(26)32(2,3)41)21-8-13-39-29(15-21)34-19-36-39/h5-8,13-19,22,41H,1,9-12H2,2-4H3,(H,33,35,37). The predicted molar refractivity (Wildman–Crippen MR) is 163 cm³/mol. The molecule has 11 heteroatoms. The molecule has 0 radical (unpaired) electrons. The van der Waals surface area contributed by atoms with E-state index in [1.807, 2.05) is 48.7 Å². The maximum atomic E-state index is 12.0. The van der Waals surface area contributed by atoms with E-state index in [0.717, 1.165) is 22.2 Å². The van der Waals surface area contributed by atoms with Crippen LogP contribution in [0.1, 0.15) is 32.3 Å². The third kappa shape index (κ3) is 5.71. The number of amides is 1. The van der Waals surface area contributed by atoms with E-state index >= 15 is 0 Å². The first-order valence-electron chi connectivity index (χ1n) is 14.1. The number of hydrogen-bond donors (Lipinski definition) is 2. The summed E-state index contributed by atoms with van der Waals surface area (Å²) in [5, 5.41) is 19.4. The molecule has 220 valence electrons. The number of piperidine rings is 1. The fraction of sp³-hybridized carbons (Fsp3) is 0.281. The van der Waals surface area contributed by atoms with Gasteiger partial charge in [0.15, 0.2) is 17.1 Å². The summed E-state index contributed by atoms with van der Waals surface area (Å²) in [6, 6.07) is 13.5. The SMILES string of the molecule is C=CC(=O)N1CCC(Oc2cc3c(Nc4cc(-c5ccn6ncnc6c5)ccc4C(C)(C)O)ncnc3cc2OC)CC1. The summed E-state index contributed by atoms with van der Waals surface area (Å²) in [6.07, 6.45) is 7.52. The number of carbonyl (C=O) groups is 1. The number of fused-ring (bicyclic) bond motifs is 2.